The fraction of sp³-hybridized carbons (Fsp3) is 0.440. The smallest absolute Gasteiger partial charge is 0.242 e. The lowest BCUT2D eigenvalue weighted by Crippen LogP contribution is -2.48. The van der Waals surface area contributed by atoms with Gasteiger partial charge in [0.1, 0.15) is 11.8 Å². The van der Waals surface area contributed by atoms with Gasteiger partial charge in [0.25, 0.3) is 0 Å². The van der Waals surface area contributed by atoms with Crippen LogP contribution >= 0.6 is 23.2 Å². The molecule has 0 aliphatic heterocycles. The van der Waals surface area contributed by atoms with E-state index >= 15 is 0 Å². The highest BCUT2D eigenvalue weighted by molar-refractivity contribution is 7.92. The fourth-order valence-electron chi connectivity index (χ4n) is 3.58. The first kappa shape index (κ1) is 29.7. The Bertz CT molecular complexity index is 1120. The third-order valence-electron chi connectivity index (χ3n) is 5.62. The molecule has 36 heavy (non-hydrogen) atoms. The van der Waals surface area contributed by atoms with Crippen molar-refractivity contribution < 1.29 is 22.7 Å². The Morgan fingerprint density at radius 2 is 1.69 bits per heavy atom. The summed E-state index contributed by atoms with van der Waals surface area (Å²) < 4.78 is 31.2. The summed E-state index contributed by atoms with van der Waals surface area (Å²) in [6, 6.07) is 10.9. The summed E-state index contributed by atoms with van der Waals surface area (Å²) >= 11 is 12.7. The van der Waals surface area contributed by atoms with Crippen molar-refractivity contribution in [3.63, 3.8) is 0 Å². The lowest BCUT2D eigenvalue weighted by Gasteiger charge is -2.30. The third-order valence-corrected chi connectivity index (χ3v) is 7.52. The summed E-state index contributed by atoms with van der Waals surface area (Å²) in [5.74, 6) is 0.00396. The van der Waals surface area contributed by atoms with Crippen molar-refractivity contribution in [2.75, 3.05) is 30.8 Å². The van der Waals surface area contributed by atoms with Crippen LogP contribution in [0.4, 0.5) is 5.69 Å². The summed E-state index contributed by atoms with van der Waals surface area (Å²) in [6.07, 6.45) is 2.14. The van der Waals surface area contributed by atoms with Crippen molar-refractivity contribution in [3.8, 4) is 5.75 Å². The van der Waals surface area contributed by atoms with Crippen molar-refractivity contribution in [2.24, 2.45) is 0 Å². The van der Waals surface area contributed by atoms with Gasteiger partial charge in [0, 0.05) is 41.7 Å². The molecule has 0 aromatic heterocycles. The Hall–Kier alpha value is -2.49. The number of anilines is 1. The number of rotatable bonds is 13. The van der Waals surface area contributed by atoms with Crippen LogP contribution in [-0.4, -0.2) is 57.6 Å². The van der Waals surface area contributed by atoms with Gasteiger partial charge in [-0.05, 0) is 56.2 Å². The van der Waals surface area contributed by atoms with E-state index in [1.807, 2.05) is 6.92 Å². The predicted molar refractivity (Wildman–Crippen MR) is 144 cm³/mol. The molecule has 0 aliphatic carbocycles. The van der Waals surface area contributed by atoms with Gasteiger partial charge in [-0.3, -0.25) is 13.9 Å². The number of carbonyl (C=O) groups is 2. The standard InChI is InChI=1S/C25H33Cl2N3O5S/c1-5-15-28-25(32)18(2)29(17-21-22(26)8-6-9-23(21)27)24(31)10-7-16-30(36(4,33)34)19-11-13-20(35-3)14-12-19/h6,8-9,11-14,18H,5,7,10,15-17H2,1-4H3,(H,28,32)/t18-/m1/s1. The van der Waals surface area contributed by atoms with E-state index in [-0.39, 0.29) is 37.7 Å². The van der Waals surface area contributed by atoms with Crippen molar-refractivity contribution in [1.29, 1.82) is 0 Å². The highest BCUT2D eigenvalue weighted by Gasteiger charge is 2.27. The second kappa shape index (κ2) is 13.7. The molecule has 1 atom stereocenters. The molecule has 0 radical (unpaired) electrons. The minimum atomic E-state index is -3.59. The summed E-state index contributed by atoms with van der Waals surface area (Å²) in [7, 11) is -2.06. The van der Waals surface area contributed by atoms with Crippen LogP contribution in [0.5, 0.6) is 5.75 Å². The molecule has 11 heteroatoms. The zero-order chi connectivity index (χ0) is 26.9. The van der Waals surface area contributed by atoms with Crippen LogP contribution in [0, 0.1) is 0 Å². The first-order valence-corrected chi connectivity index (χ1v) is 14.2. The van der Waals surface area contributed by atoms with Crippen molar-refractivity contribution in [1.82, 2.24) is 10.2 Å². The van der Waals surface area contributed by atoms with Crippen LogP contribution in [0.25, 0.3) is 0 Å². The van der Waals surface area contributed by atoms with Gasteiger partial charge in [0.2, 0.25) is 21.8 Å². The largest absolute Gasteiger partial charge is 0.497 e. The number of amides is 2. The molecule has 8 nitrogen and oxygen atoms in total. The Balaban J connectivity index is 2.20. The molecule has 0 unspecified atom stereocenters. The average molecular weight is 559 g/mol. The van der Waals surface area contributed by atoms with Crippen LogP contribution in [-0.2, 0) is 26.2 Å². The van der Waals surface area contributed by atoms with Gasteiger partial charge in [0.15, 0.2) is 0 Å². The maximum atomic E-state index is 13.3. The van der Waals surface area contributed by atoms with E-state index in [4.69, 9.17) is 27.9 Å². The van der Waals surface area contributed by atoms with Crippen LogP contribution < -0.4 is 14.4 Å². The number of hydrogen-bond donors (Lipinski definition) is 1. The monoisotopic (exact) mass is 557 g/mol. The van der Waals surface area contributed by atoms with E-state index in [9.17, 15) is 18.0 Å². The number of hydrogen-bond acceptors (Lipinski definition) is 5. The molecule has 0 aliphatic rings. The van der Waals surface area contributed by atoms with Crippen LogP contribution in [0.15, 0.2) is 42.5 Å². The van der Waals surface area contributed by atoms with Crippen LogP contribution in [0.2, 0.25) is 10.0 Å². The van der Waals surface area contributed by atoms with Gasteiger partial charge in [-0.25, -0.2) is 8.42 Å². The van der Waals surface area contributed by atoms with Gasteiger partial charge in [-0.2, -0.15) is 0 Å². The minimum absolute atomic E-state index is 0.0235. The Morgan fingerprint density at radius 3 is 2.22 bits per heavy atom. The first-order valence-electron chi connectivity index (χ1n) is 11.6. The summed E-state index contributed by atoms with van der Waals surface area (Å²) in [4.78, 5) is 27.4. The molecule has 0 fully saturated rings. The maximum absolute atomic E-state index is 13.3. The number of nitrogens with one attached hydrogen (secondary N) is 1. The zero-order valence-electron chi connectivity index (χ0n) is 21.0. The molecular formula is C25H33Cl2N3O5S. The van der Waals surface area contributed by atoms with Gasteiger partial charge < -0.3 is 15.0 Å². The first-order chi connectivity index (χ1) is 17.0. The Kier molecular flexibility index (Phi) is 11.3. The van der Waals surface area contributed by atoms with Crippen molar-refractivity contribution >= 4 is 50.7 Å². The fourth-order valence-corrected chi connectivity index (χ4v) is 5.07. The molecule has 2 aromatic carbocycles. The van der Waals surface area contributed by atoms with E-state index in [2.05, 4.69) is 5.32 Å². The molecule has 0 spiro atoms. The molecule has 2 rings (SSSR count). The highest BCUT2D eigenvalue weighted by atomic mass is 35.5. The normalized spacial score (nSPS) is 12.1. The second-order valence-electron chi connectivity index (χ2n) is 8.33. The van der Waals surface area contributed by atoms with Gasteiger partial charge >= 0.3 is 0 Å². The number of halogens is 2. The third kappa shape index (κ3) is 8.28. The number of nitrogens with zero attached hydrogens (tertiary/aromatic N) is 2. The number of sulfonamides is 1. The maximum Gasteiger partial charge on any atom is 0.242 e. The lowest BCUT2D eigenvalue weighted by atomic mass is 10.1. The summed E-state index contributed by atoms with van der Waals surface area (Å²) in [6.45, 7) is 4.21. The Labute approximate surface area is 223 Å². The van der Waals surface area contributed by atoms with E-state index in [1.165, 1.54) is 16.3 Å². The average Bonchev–Trinajstić information content (AvgIpc) is 2.84. The van der Waals surface area contributed by atoms with Crippen LogP contribution in [0.1, 0.15) is 38.7 Å². The minimum Gasteiger partial charge on any atom is -0.497 e. The van der Waals surface area contributed by atoms with E-state index in [0.29, 0.717) is 33.6 Å². The van der Waals surface area contributed by atoms with Gasteiger partial charge in [-0.1, -0.05) is 36.2 Å². The topological polar surface area (TPSA) is 96.0 Å². The van der Waals surface area contributed by atoms with Crippen LogP contribution in [0.3, 0.4) is 0 Å². The van der Waals surface area contributed by atoms with Gasteiger partial charge in [-0.15, -0.1) is 0 Å². The number of ether oxygens (including phenoxy) is 1. The molecule has 2 aromatic rings. The SMILES string of the molecule is CCCNC(=O)[C@@H](C)N(Cc1c(Cl)cccc1Cl)C(=O)CCCN(c1ccc(OC)cc1)S(C)(=O)=O. The zero-order valence-corrected chi connectivity index (χ0v) is 23.3. The molecule has 0 heterocycles. The molecule has 1 N–H and O–H groups in total. The molecule has 0 saturated heterocycles. The number of benzene rings is 2. The van der Waals surface area contributed by atoms with Crippen molar-refractivity contribution in [2.45, 2.75) is 45.7 Å². The van der Waals surface area contributed by atoms with Crippen molar-refractivity contribution in [3.05, 3.63) is 58.1 Å². The summed E-state index contributed by atoms with van der Waals surface area (Å²) in [5, 5.41) is 3.60. The highest BCUT2D eigenvalue weighted by Crippen LogP contribution is 2.27. The molecule has 198 valence electrons. The molecule has 2 amide bonds. The predicted octanol–water partition coefficient (Wildman–Crippen LogP) is 4.49. The quantitative estimate of drug-likeness (QED) is 0.391. The van der Waals surface area contributed by atoms with E-state index < -0.39 is 16.1 Å². The van der Waals surface area contributed by atoms with E-state index in [0.717, 1.165) is 12.7 Å². The number of carbonyl (C=O) groups excluding carboxylic acids is 2. The second-order valence-corrected chi connectivity index (χ2v) is 11.0. The van der Waals surface area contributed by atoms with Gasteiger partial charge in [0.05, 0.1) is 19.1 Å². The molecular weight excluding hydrogens is 525 g/mol. The molecule has 0 bridgehead atoms. The lowest BCUT2D eigenvalue weighted by molar-refractivity contribution is -0.140. The number of methoxy groups -OCH3 is 1. The summed E-state index contributed by atoms with van der Waals surface area (Å²) in [5.41, 5.74) is 1.01. The van der Waals surface area contributed by atoms with E-state index in [1.54, 1.807) is 49.4 Å². The Morgan fingerprint density at radius 1 is 1.08 bits per heavy atom. The molecule has 0 saturated carbocycles.